The first-order valence-corrected chi connectivity index (χ1v) is 7.47. The molecule has 0 fully saturated rings. The molecule has 0 aromatic heterocycles. The van der Waals surface area contributed by atoms with Gasteiger partial charge in [0.1, 0.15) is 5.75 Å². The zero-order valence-corrected chi connectivity index (χ0v) is 14.0. The van der Waals surface area contributed by atoms with Gasteiger partial charge in [0.2, 0.25) is 5.91 Å². The van der Waals surface area contributed by atoms with E-state index < -0.39 is 0 Å². The summed E-state index contributed by atoms with van der Waals surface area (Å²) in [6.07, 6.45) is 3.27. The van der Waals surface area contributed by atoms with Crippen molar-refractivity contribution in [2.24, 2.45) is 0 Å². The van der Waals surface area contributed by atoms with Gasteiger partial charge in [-0.15, -0.1) is 0 Å². The molecular weight excluding hydrogens is 306 g/mol. The first-order chi connectivity index (χ1) is 11.7. The zero-order chi connectivity index (χ0) is 17.4. The normalized spacial score (nSPS) is 10.5. The molecule has 2 aromatic rings. The highest BCUT2D eigenvalue weighted by Gasteiger charge is 2.12. The van der Waals surface area contributed by atoms with E-state index in [2.05, 4.69) is 5.32 Å². The Balaban J connectivity index is 2.05. The van der Waals surface area contributed by atoms with E-state index in [0.717, 1.165) is 11.1 Å². The number of nitrogens with one attached hydrogen (secondary N) is 1. The van der Waals surface area contributed by atoms with Crippen molar-refractivity contribution in [3.8, 4) is 17.2 Å². The van der Waals surface area contributed by atoms with E-state index in [9.17, 15) is 4.79 Å². The van der Waals surface area contributed by atoms with Crippen molar-refractivity contribution in [2.75, 3.05) is 21.3 Å². The summed E-state index contributed by atoms with van der Waals surface area (Å²) in [7, 11) is 4.70. The van der Waals surface area contributed by atoms with E-state index in [-0.39, 0.29) is 5.91 Å². The predicted octanol–water partition coefficient (Wildman–Crippen LogP) is 3.04. The number of carbonyl (C=O) groups is 1. The molecule has 0 aliphatic rings. The van der Waals surface area contributed by atoms with Crippen LogP contribution in [0.2, 0.25) is 0 Å². The first kappa shape index (κ1) is 17.4. The molecular formula is C19H21NO4. The average Bonchev–Trinajstić information content (AvgIpc) is 2.64. The minimum absolute atomic E-state index is 0.185. The van der Waals surface area contributed by atoms with Gasteiger partial charge in [-0.25, -0.2) is 0 Å². The maximum atomic E-state index is 12.0. The molecule has 0 unspecified atom stereocenters. The lowest BCUT2D eigenvalue weighted by molar-refractivity contribution is -0.116. The molecule has 0 saturated carbocycles. The molecule has 5 heteroatoms. The summed E-state index contributed by atoms with van der Waals surface area (Å²) in [6.45, 7) is 0.321. The second-order valence-corrected chi connectivity index (χ2v) is 4.98. The Morgan fingerprint density at radius 1 is 0.958 bits per heavy atom. The number of hydrogen-bond acceptors (Lipinski definition) is 4. The van der Waals surface area contributed by atoms with E-state index in [4.69, 9.17) is 14.2 Å². The molecule has 1 amide bonds. The third kappa shape index (κ3) is 4.52. The fourth-order valence-corrected chi connectivity index (χ4v) is 2.21. The van der Waals surface area contributed by atoms with Gasteiger partial charge in [-0.3, -0.25) is 4.79 Å². The van der Waals surface area contributed by atoms with E-state index in [1.165, 1.54) is 6.08 Å². The molecule has 24 heavy (non-hydrogen) atoms. The summed E-state index contributed by atoms with van der Waals surface area (Å²) in [6, 6.07) is 13.2. The van der Waals surface area contributed by atoms with Crippen molar-refractivity contribution in [2.45, 2.75) is 6.54 Å². The highest BCUT2D eigenvalue weighted by Crippen LogP contribution is 2.34. The highest BCUT2D eigenvalue weighted by molar-refractivity contribution is 5.91. The van der Waals surface area contributed by atoms with Gasteiger partial charge in [-0.1, -0.05) is 30.3 Å². The molecule has 2 rings (SSSR count). The number of rotatable bonds is 7. The number of benzene rings is 2. The third-order valence-electron chi connectivity index (χ3n) is 3.47. The van der Waals surface area contributed by atoms with Gasteiger partial charge < -0.3 is 19.5 Å². The van der Waals surface area contributed by atoms with Crippen LogP contribution in [0.25, 0.3) is 6.08 Å². The lowest BCUT2D eigenvalue weighted by Crippen LogP contribution is -2.20. The van der Waals surface area contributed by atoms with Gasteiger partial charge in [0.25, 0.3) is 0 Å². The van der Waals surface area contributed by atoms with E-state index in [1.54, 1.807) is 39.5 Å². The van der Waals surface area contributed by atoms with Gasteiger partial charge in [-0.05, 0) is 17.7 Å². The molecule has 0 heterocycles. The van der Waals surface area contributed by atoms with Gasteiger partial charge in [0, 0.05) is 24.3 Å². The molecule has 2 aromatic carbocycles. The summed E-state index contributed by atoms with van der Waals surface area (Å²) in [5, 5.41) is 2.83. The van der Waals surface area contributed by atoms with Crippen LogP contribution in [0.15, 0.2) is 48.5 Å². The quantitative estimate of drug-likeness (QED) is 0.794. The molecule has 0 atom stereocenters. The van der Waals surface area contributed by atoms with Crippen LogP contribution in [0.5, 0.6) is 17.2 Å². The fourth-order valence-electron chi connectivity index (χ4n) is 2.21. The smallest absolute Gasteiger partial charge is 0.244 e. The summed E-state index contributed by atoms with van der Waals surface area (Å²) in [5.74, 6) is 1.60. The van der Waals surface area contributed by atoms with E-state index in [1.807, 2.05) is 30.3 Å². The average molecular weight is 327 g/mol. The second kappa shape index (κ2) is 8.62. The Morgan fingerprint density at radius 2 is 1.58 bits per heavy atom. The maximum absolute atomic E-state index is 12.0. The predicted molar refractivity (Wildman–Crippen MR) is 93.4 cm³/mol. The number of hydrogen-bond donors (Lipinski definition) is 1. The van der Waals surface area contributed by atoms with E-state index in [0.29, 0.717) is 23.8 Å². The summed E-state index contributed by atoms with van der Waals surface area (Å²) in [5.41, 5.74) is 1.77. The van der Waals surface area contributed by atoms with Crippen LogP contribution in [0, 0.1) is 0 Å². The van der Waals surface area contributed by atoms with Crippen LogP contribution in [-0.4, -0.2) is 27.2 Å². The standard InChI is InChI=1S/C19H21NO4/c1-22-16-12-18(24-3)17(23-2)11-15(16)13-20-19(21)10-9-14-7-5-4-6-8-14/h4-12H,13H2,1-3H3,(H,20,21)/b10-9+. The topological polar surface area (TPSA) is 56.8 Å². The number of ether oxygens (including phenoxy) is 3. The van der Waals surface area contributed by atoms with Crippen LogP contribution in [0.4, 0.5) is 0 Å². The van der Waals surface area contributed by atoms with Crippen molar-refractivity contribution in [1.82, 2.24) is 5.32 Å². The lowest BCUT2D eigenvalue weighted by atomic mass is 10.1. The first-order valence-electron chi connectivity index (χ1n) is 7.47. The van der Waals surface area contributed by atoms with Crippen LogP contribution >= 0.6 is 0 Å². The monoisotopic (exact) mass is 327 g/mol. The Labute approximate surface area is 141 Å². The molecule has 0 bridgehead atoms. The molecule has 0 spiro atoms. The summed E-state index contributed by atoms with van der Waals surface area (Å²) >= 11 is 0. The fraction of sp³-hybridized carbons (Fsp3) is 0.211. The molecule has 0 aliphatic heterocycles. The largest absolute Gasteiger partial charge is 0.496 e. The molecule has 1 N–H and O–H groups in total. The van der Waals surface area contributed by atoms with Crippen LogP contribution in [0.1, 0.15) is 11.1 Å². The van der Waals surface area contributed by atoms with Gasteiger partial charge >= 0.3 is 0 Å². The lowest BCUT2D eigenvalue weighted by Gasteiger charge is -2.14. The van der Waals surface area contributed by atoms with Crippen molar-refractivity contribution in [3.05, 3.63) is 59.7 Å². The number of carbonyl (C=O) groups excluding carboxylic acids is 1. The van der Waals surface area contributed by atoms with E-state index >= 15 is 0 Å². The third-order valence-corrected chi connectivity index (χ3v) is 3.47. The van der Waals surface area contributed by atoms with Crippen molar-refractivity contribution < 1.29 is 19.0 Å². The van der Waals surface area contributed by atoms with Gasteiger partial charge in [0.15, 0.2) is 11.5 Å². The summed E-state index contributed by atoms with van der Waals surface area (Å²) in [4.78, 5) is 12.0. The van der Waals surface area contributed by atoms with Crippen LogP contribution < -0.4 is 19.5 Å². The Hall–Kier alpha value is -2.95. The molecule has 126 valence electrons. The van der Waals surface area contributed by atoms with Crippen LogP contribution in [0.3, 0.4) is 0 Å². The minimum atomic E-state index is -0.185. The maximum Gasteiger partial charge on any atom is 0.244 e. The Morgan fingerprint density at radius 3 is 2.21 bits per heavy atom. The van der Waals surface area contributed by atoms with Crippen molar-refractivity contribution in [3.63, 3.8) is 0 Å². The Kier molecular flexibility index (Phi) is 6.25. The Bertz CT molecular complexity index is 711. The molecule has 0 saturated heterocycles. The molecule has 5 nitrogen and oxygen atoms in total. The molecule has 0 radical (unpaired) electrons. The van der Waals surface area contributed by atoms with Gasteiger partial charge in [-0.2, -0.15) is 0 Å². The summed E-state index contributed by atoms with van der Waals surface area (Å²) < 4.78 is 15.9. The SMILES string of the molecule is COc1cc(OC)c(OC)cc1CNC(=O)/C=C/c1ccccc1. The second-order valence-electron chi connectivity index (χ2n) is 4.98. The zero-order valence-electron chi connectivity index (χ0n) is 14.0. The molecule has 0 aliphatic carbocycles. The number of amides is 1. The van der Waals surface area contributed by atoms with Crippen molar-refractivity contribution in [1.29, 1.82) is 0 Å². The highest BCUT2D eigenvalue weighted by atomic mass is 16.5. The van der Waals surface area contributed by atoms with Crippen molar-refractivity contribution >= 4 is 12.0 Å². The van der Waals surface area contributed by atoms with Gasteiger partial charge in [0.05, 0.1) is 21.3 Å². The van der Waals surface area contributed by atoms with Crippen LogP contribution in [-0.2, 0) is 11.3 Å². The minimum Gasteiger partial charge on any atom is -0.496 e. The number of methoxy groups -OCH3 is 3.